The molecule has 2 N–H and O–H groups in total. The van der Waals surface area contributed by atoms with Crippen LogP contribution in [0.3, 0.4) is 0 Å². The Labute approximate surface area is 131 Å². The summed E-state index contributed by atoms with van der Waals surface area (Å²) in [6, 6.07) is 3.27. The van der Waals surface area contributed by atoms with E-state index in [1.165, 1.54) is 12.1 Å². The van der Waals surface area contributed by atoms with Gasteiger partial charge in [-0.1, -0.05) is 19.9 Å². The van der Waals surface area contributed by atoms with Crippen molar-refractivity contribution in [2.45, 2.75) is 52.4 Å². The van der Waals surface area contributed by atoms with Crippen molar-refractivity contribution in [1.82, 2.24) is 5.32 Å². The molecule has 1 aromatic carbocycles. The van der Waals surface area contributed by atoms with Crippen molar-refractivity contribution < 1.29 is 18.6 Å². The first-order valence-electron chi connectivity index (χ1n) is 7.60. The first-order chi connectivity index (χ1) is 10.1. The van der Waals surface area contributed by atoms with Crippen molar-refractivity contribution in [3.8, 4) is 0 Å². The molecule has 0 saturated heterocycles. The maximum atomic E-state index is 13.9. The van der Waals surface area contributed by atoms with Crippen molar-refractivity contribution in [3.63, 3.8) is 0 Å². The average Bonchev–Trinajstić information content (AvgIpc) is 2.37. The largest absolute Gasteiger partial charge is 0.389 e. The van der Waals surface area contributed by atoms with Crippen LogP contribution < -0.4 is 5.32 Å². The zero-order chi connectivity index (χ0) is 16.9. The molecule has 0 aliphatic rings. The minimum atomic E-state index is -0.691. The SMILES string of the molecule is CC(C)C(NCC(O)COC(C)(C)C)c1ccc(F)cc1F. The smallest absolute Gasteiger partial charge is 0.130 e. The lowest BCUT2D eigenvalue weighted by atomic mass is 9.95. The van der Waals surface area contributed by atoms with E-state index in [9.17, 15) is 13.9 Å². The van der Waals surface area contributed by atoms with E-state index in [0.717, 1.165) is 6.07 Å². The highest BCUT2D eigenvalue weighted by Gasteiger charge is 2.21. The molecule has 0 amide bonds. The summed E-state index contributed by atoms with van der Waals surface area (Å²) in [4.78, 5) is 0. The molecule has 22 heavy (non-hydrogen) atoms. The first-order valence-corrected chi connectivity index (χ1v) is 7.60. The molecule has 0 fully saturated rings. The molecule has 2 unspecified atom stereocenters. The fourth-order valence-electron chi connectivity index (χ4n) is 2.13. The van der Waals surface area contributed by atoms with E-state index < -0.39 is 17.7 Å². The summed E-state index contributed by atoms with van der Waals surface area (Å²) in [6.07, 6.45) is -0.691. The molecule has 0 aliphatic heterocycles. The Morgan fingerprint density at radius 2 is 1.86 bits per heavy atom. The summed E-state index contributed by atoms with van der Waals surface area (Å²) < 4.78 is 32.5. The third-order valence-electron chi connectivity index (χ3n) is 3.25. The monoisotopic (exact) mass is 315 g/mol. The van der Waals surface area contributed by atoms with Crippen molar-refractivity contribution in [1.29, 1.82) is 0 Å². The van der Waals surface area contributed by atoms with Gasteiger partial charge < -0.3 is 15.2 Å². The van der Waals surface area contributed by atoms with E-state index in [1.807, 2.05) is 34.6 Å². The van der Waals surface area contributed by atoms with Crippen LogP contribution >= 0.6 is 0 Å². The molecule has 3 nitrogen and oxygen atoms in total. The maximum absolute atomic E-state index is 13.9. The number of ether oxygens (including phenoxy) is 1. The molecule has 0 aromatic heterocycles. The van der Waals surface area contributed by atoms with Crippen molar-refractivity contribution >= 4 is 0 Å². The van der Waals surface area contributed by atoms with Gasteiger partial charge in [-0.3, -0.25) is 0 Å². The van der Waals surface area contributed by atoms with Gasteiger partial charge in [-0.15, -0.1) is 0 Å². The molecule has 5 heteroatoms. The molecule has 0 bridgehead atoms. The normalized spacial score (nSPS) is 15.1. The van der Waals surface area contributed by atoms with E-state index >= 15 is 0 Å². The predicted octanol–water partition coefficient (Wildman–Crippen LogP) is 3.43. The van der Waals surface area contributed by atoms with E-state index in [0.29, 0.717) is 5.56 Å². The fraction of sp³-hybridized carbons (Fsp3) is 0.647. The Bertz CT molecular complexity index is 472. The molecule has 0 spiro atoms. The molecule has 1 aromatic rings. The van der Waals surface area contributed by atoms with E-state index in [1.54, 1.807) is 0 Å². The lowest BCUT2D eigenvalue weighted by Gasteiger charge is -2.26. The zero-order valence-corrected chi connectivity index (χ0v) is 14.0. The molecule has 0 aliphatic carbocycles. The summed E-state index contributed by atoms with van der Waals surface area (Å²) >= 11 is 0. The van der Waals surface area contributed by atoms with Crippen LogP contribution in [0.2, 0.25) is 0 Å². The van der Waals surface area contributed by atoms with Crippen LogP contribution in [0.15, 0.2) is 18.2 Å². The summed E-state index contributed by atoms with van der Waals surface area (Å²) in [5.74, 6) is -1.08. The van der Waals surface area contributed by atoms with Gasteiger partial charge in [0.15, 0.2) is 0 Å². The molecule has 0 heterocycles. The van der Waals surface area contributed by atoms with Gasteiger partial charge in [-0.05, 0) is 32.8 Å². The van der Waals surface area contributed by atoms with Crippen molar-refractivity contribution in [3.05, 3.63) is 35.4 Å². The summed E-state index contributed by atoms with van der Waals surface area (Å²) in [5, 5.41) is 13.1. The number of hydrogen-bond donors (Lipinski definition) is 2. The van der Waals surface area contributed by atoms with E-state index in [2.05, 4.69) is 5.32 Å². The van der Waals surface area contributed by atoms with Crippen LogP contribution in [-0.2, 0) is 4.74 Å². The lowest BCUT2D eigenvalue weighted by molar-refractivity contribution is -0.0486. The molecule has 1 rings (SSSR count). The topological polar surface area (TPSA) is 41.5 Å². The van der Waals surface area contributed by atoms with Crippen molar-refractivity contribution in [2.24, 2.45) is 5.92 Å². The van der Waals surface area contributed by atoms with Gasteiger partial charge in [0.05, 0.1) is 18.3 Å². The quantitative estimate of drug-likeness (QED) is 0.810. The Hall–Kier alpha value is -1.04. The van der Waals surface area contributed by atoms with Crippen LogP contribution in [0.1, 0.15) is 46.2 Å². The van der Waals surface area contributed by atoms with Crippen LogP contribution in [0.4, 0.5) is 8.78 Å². The third-order valence-corrected chi connectivity index (χ3v) is 3.25. The number of halogens is 2. The Balaban J connectivity index is 2.65. The molecule has 0 radical (unpaired) electrons. The minimum Gasteiger partial charge on any atom is -0.389 e. The van der Waals surface area contributed by atoms with E-state index in [4.69, 9.17) is 4.74 Å². The predicted molar refractivity (Wildman–Crippen MR) is 83.7 cm³/mol. The third kappa shape index (κ3) is 6.38. The highest BCUT2D eigenvalue weighted by molar-refractivity contribution is 5.22. The second kappa shape index (κ2) is 7.99. The second-order valence-corrected chi connectivity index (χ2v) is 6.87. The minimum absolute atomic E-state index is 0.0932. The number of rotatable bonds is 7. The van der Waals surface area contributed by atoms with Crippen molar-refractivity contribution in [2.75, 3.05) is 13.2 Å². The second-order valence-electron chi connectivity index (χ2n) is 6.87. The van der Waals surface area contributed by atoms with Crippen LogP contribution in [-0.4, -0.2) is 30.0 Å². The van der Waals surface area contributed by atoms with Gasteiger partial charge in [0, 0.05) is 24.2 Å². The molecular weight excluding hydrogens is 288 g/mol. The Kier molecular flexibility index (Phi) is 6.91. The molecule has 126 valence electrons. The van der Waals surface area contributed by atoms with Gasteiger partial charge in [-0.2, -0.15) is 0 Å². The highest BCUT2D eigenvalue weighted by atomic mass is 19.1. The number of aliphatic hydroxyl groups is 1. The number of nitrogens with one attached hydrogen (secondary N) is 1. The van der Waals surface area contributed by atoms with Gasteiger partial charge in [0.2, 0.25) is 0 Å². The number of hydrogen-bond acceptors (Lipinski definition) is 3. The molecule has 0 saturated carbocycles. The van der Waals surface area contributed by atoms with Crippen LogP contribution in [0.5, 0.6) is 0 Å². The van der Waals surface area contributed by atoms with Gasteiger partial charge in [-0.25, -0.2) is 8.78 Å². The lowest BCUT2D eigenvalue weighted by Crippen LogP contribution is -2.37. The summed E-state index contributed by atoms with van der Waals surface area (Å²) in [6.45, 7) is 10.1. The highest BCUT2D eigenvalue weighted by Crippen LogP contribution is 2.24. The van der Waals surface area contributed by atoms with Crippen LogP contribution in [0, 0.1) is 17.6 Å². The van der Waals surface area contributed by atoms with E-state index in [-0.39, 0.29) is 30.7 Å². The fourth-order valence-corrected chi connectivity index (χ4v) is 2.13. The summed E-state index contributed by atoms with van der Waals surface area (Å²) in [5.41, 5.74) is 0.0851. The first kappa shape index (κ1) is 19.0. The zero-order valence-electron chi connectivity index (χ0n) is 14.0. The molecular formula is C17H27F2NO2. The van der Waals surface area contributed by atoms with Gasteiger partial charge in [0.25, 0.3) is 0 Å². The van der Waals surface area contributed by atoms with Gasteiger partial charge >= 0.3 is 0 Å². The van der Waals surface area contributed by atoms with Gasteiger partial charge in [0.1, 0.15) is 11.6 Å². The Morgan fingerprint density at radius 3 is 2.36 bits per heavy atom. The molecule has 2 atom stereocenters. The van der Waals surface area contributed by atoms with Crippen LogP contribution in [0.25, 0.3) is 0 Å². The number of aliphatic hydroxyl groups excluding tert-OH is 1. The average molecular weight is 315 g/mol. The Morgan fingerprint density at radius 1 is 1.23 bits per heavy atom. The summed E-state index contributed by atoms with van der Waals surface area (Å²) in [7, 11) is 0. The maximum Gasteiger partial charge on any atom is 0.130 e. The number of benzene rings is 1. The standard InChI is InChI=1S/C17H27F2NO2/c1-11(2)16(14-7-6-12(18)8-15(14)19)20-9-13(21)10-22-17(3,4)5/h6-8,11,13,16,20-21H,9-10H2,1-5H3.